The van der Waals surface area contributed by atoms with Gasteiger partial charge in [0.25, 0.3) is 5.79 Å². The summed E-state index contributed by atoms with van der Waals surface area (Å²) >= 11 is 0. The molecule has 1 fully saturated rings. The van der Waals surface area contributed by atoms with Crippen molar-refractivity contribution in [1.29, 1.82) is 0 Å². The number of benzene rings is 1. The zero-order valence-electron chi connectivity index (χ0n) is 10.9. The van der Waals surface area contributed by atoms with Gasteiger partial charge in [-0.05, 0) is 17.7 Å². The van der Waals surface area contributed by atoms with E-state index < -0.39 is 23.7 Å². The molecule has 1 aromatic rings. The van der Waals surface area contributed by atoms with Crippen molar-refractivity contribution in [1.82, 2.24) is 0 Å². The Labute approximate surface area is 114 Å². The zero-order valence-corrected chi connectivity index (χ0v) is 10.9. The average Bonchev–Trinajstić information content (AvgIpc) is 2.33. The highest BCUT2D eigenvalue weighted by molar-refractivity contribution is 6.19. The van der Waals surface area contributed by atoms with Crippen LogP contribution in [-0.4, -0.2) is 28.8 Å². The zero-order chi connectivity index (χ0) is 14.9. The molecule has 1 N–H and O–H groups in total. The minimum atomic E-state index is -1.32. The summed E-state index contributed by atoms with van der Waals surface area (Å²) < 4.78 is 9.86. The van der Waals surface area contributed by atoms with E-state index in [-0.39, 0.29) is 16.7 Å². The molecule has 6 nitrogen and oxygen atoms in total. The van der Waals surface area contributed by atoms with E-state index in [4.69, 9.17) is 14.6 Å². The smallest absolute Gasteiger partial charge is 0.348 e. The second-order valence-electron chi connectivity index (χ2n) is 4.63. The molecule has 0 radical (unpaired) electrons. The normalized spacial score (nSPS) is 17.2. The van der Waals surface area contributed by atoms with Crippen LogP contribution in [0, 0.1) is 0 Å². The van der Waals surface area contributed by atoms with Crippen molar-refractivity contribution in [3.8, 4) is 0 Å². The summed E-state index contributed by atoms with van der Waals surface area (Å²) in [6.07, 6.45) is 1.16. The Morgan fingerprint density at radius 1 is 1.15 bits per heavy atom. The number of hydrogen-bond donors (Lipinski definition) is 1. The van der Waals surface area contributed by atoms with Crippen LogP contribution >= 0.6 is 0 Å². The minimum Gasteiger partial charge on any atom is -0.478 e. The molecule has 1 aliphatic rings. The van der Waals surface area contributed by atoms with Crippen molar-refractivity contribution in [3.63, 3.8) is 0 Å². The molecule has 0 spiro atoms. The van der Waals surface area contributed by atoms with Gasteiger partial charge < -0.3 is 14.6 Å². The monoisotopic (exact) mass is 276 g/mol. The standard InChI is InChI=1S/C14H12O6/c1-14(2)19-12(17)10(13(18)20-14)7-8-5-3-4-6-9(8)11(15)16/h3-7H,1-2H3,(H,15,16). The molecule has 2 rings (SSSR count). The second-order valence-corrected chi connectivity index (χ2v) is 4.63. The maximum absolute atomic E-state index is 11.8. The molecule has 0 bridgehead atoms. The van der Waals surface area contributed by atoms with Gasteiger partial charge in [-0.2, -0.15) is 0 Å². The van der Waals surface area contributed by atoms with Gasteiger partial charge in [0.2, 0.25) is 0 Å². The van der Waals surface area contributed by atoms with Crippen LogP contribution in [-0.2, 0) is 19.1 Å². The largest absolute Gasteiger partial charge is 0.478 e. The van der Waals surface area contributed by atoms with Crippen molar-refractivity contribution in [2.45, 2.75) is 19.6 Å². The van der Waals surface area contributed by atoms with Crippen LogP contribution in [0.1, 0.15) is 29.8 Å². The van der Waals surface area contributed by atoms with E-state index in [9.17, 15) is 14.4 Å². The molecule has 20 heavy (non-hydrogen) atoms. The van der Waals surface area contributed by atoms with Crippen molar-refractivity contribution >= 4 is 24.0 Å². The SMILES string of the molecule is CC1(C)OC(=O)C(=Cc2ccccc2C(=O)O)C(=O)O1. The number of carboxylic acids is 1. The molecule has 0 saturated carbocycles. The summed E-state index contributed by atoms with van der Waals surface area (Å²) in [4.78, 5) is 34.6. The van der Waals surface area contributed by atoms with Gasteiger partial charge in [0.05, 0.1) is 5.56 Å². The molecule has 1 saturated heterocycles. The highest BCUT2D eigenvalue weighted by atomic mass is 16.7. The first-order valence-electron chi connectivity index (χ1n) is 5.81. The van der Waals surface area contributed by atoms with Crippen LogP contribution < -0.4 is 0 Å². The molecule has 0 atom stereocenters. The maximum Gasteiger partial charge on any atom is 0.348 e. The van der Waals surface area contributed by atoms with Crippen molar-refractivity contribution in [2.24, 2.45) is 0 Å². The lowest BCUT2D eigenvalue weighted by molar-refractivity contribution is -0.222. The Bertz CT molecular complexity index is 604. The van der Waals surface area contributed by atoms with Gasteiger partial charge in [-0.1, -0.05) is 18.2 Å². The number of rotatable bonds is 2. The molecular weight excluding hydrogens is 264 g/mol. The Kier molecular flexibility index (Phi) is 3.31. The number of carbonyl (C=O) groups is 3. The Morgan fingerprint density at radius 2 is 1.70 bits per heavy atom. The van der Waals surface area contributed by atoms with E-state index in [0.29, 0.717) is 0 Å². The molecule has 1 heterocycles. The van der Waals surface area contributed by atoms with Gasteiger partial charge in [-0.3, -0.25) is 0 Å². The molecule has 0 aromatic heterocycles. The van der Waals surface area contributed by atoms with Gasteiger partial charge in [0, 0.05) is 13.8 Å². The number of cyclic esters (lactones) is 2. The molecule has 1 aromatic carbocycles. The highest BCUT2D eigenvalue weighted by Gasteiger charge is 2.38. The molecule has 0 aliphatic carbocycles. The number of carboxylic acid groups (broad SMARTS) is 1. The van der Waals surface area contributed by atoms with E-state index in [0.717, 1.165) is 6.08 Å². The number of aromatic carboxylic acids is 1. The van der Waals surface area contributed by atoms with E-state index in [2.05, 4.69) is 0 Å². The maximum atomic E-state index is 11.8. The van der Waals surface area contributed by atoms with Crippen LogP contribution in [0.5, 0.6) is 0 Å². The molecular formula is C14H12O6. The average molecular weight is 276 g/mol. The summed E-state index contributed by atoms with van der Waals surface area (Å²) in [5.41, 5.74) is -0.132. The van der Waals surface area contributed by atoms with Gasteiger partial charge in [-0.25, -0.2) is 14.4 Å². The van der Waals surface area contributed by atoms with E-state index in [1.165, 1.54) is 26.0 Å². The van der Waals surface area contributed by atoms with Gasteiger partial charge in [0.1, 0.15) is 5.57 Å². The van der Waals surface area contributed by atoms with E-state index in [1.807, 2.05) is 0 Å². The molecule has 6 heteroatoms. The predicted octanol–water partition coefficient (Wildman–Crippen LogP) is 1.60. The first-order valence-corrected chi connectivity index (χ1v) is 5.81. The number of carbonyl (C=O) groups excluding carboxylic acids is 2. The third-order valence-corrected chi connectivity index (χ3v) is 2.61. The van der Waals surface area contributed by atoms with Crippen molar-refractivity contribution in [2.75, 3.05) is 0 Å². The summed E-state index contributed by atoms with van der Waals surface area (Å²) in [6.45, 7) is 2.87. The third kappa shape index (κ3) is 2.69. The Morgan fingerprint density at radius 3 is 2.25 bits per heavy atom. The first-order chi connectivity index (χ1) is 9.30. The quantitative estimate of drug-likeness (QED) is 0.501. The lowest BCUT2D eigenvalue weighted by Gasteiger charge is -2.29. The van der Waals surface area contributed by atoms with Crippen LogP contribution in [0.15, 0.2) is 29.8 Å². The van der Waals surface area contributed by atoms with Gasteiger partial charge in [0.15, 0.2) is 0 Å². The topological polar surface area (TPSA) is 89.9 Å². The summed E-state index contributed by atoms with van der Waals surface area (Å²) in [6, 6.07) is 6.00. The highest BCUT2D eigenvalue weighted by Crippen LogP contribution is 2.24. The second kappa shape index (κ2) is 4.80. The summed E-state index contributed by atoms with van der Waals surface area (Å²) in [5.74, 6) is -4.16. The number of hydrogen-bond acceptors (Lipinski definition) is 5. The van der Waals surface area contributed by atoms with Gasteiger partial charge in [-0.15, -0.1) is 0 Å². The number of esters is 2. The van der Waals surface area contributed by atoms with Crippen LogP contribution in [0.4, 0.5) is 0 Å². The Hall–Kier alpha value is -2.63. The van der Waals surface area contributed by atoms with Crippen LogP contribution in [0.2, 0.25) is 0 Å². The molecule has 1 aliphatic heterocycles. The third-order valence-electron chi connectivity index (χ3n) is 2.61. The van der Waals surface area contributed by atoms with Crippen molar-refractivity contribution < 1.29 is 29.0 Å². The van der Waals surface area contributed by atoms with E-state index in [1.54, 1.807) is 12.1 Å². The van der Waals surface area contributed by atoms with Crippen molar-refractivity contribution in [3.05, 3.63) is 41.0 Å². The fourth-order valence-electron chi connectivity index (χ4n) is 1.75. The van der Waals surface area contributed by atoms with Gasteiger partial charge >= 0.3 is 17.9 Å². The molecule has 104 valence electrons. The van der Waals surface area contributed by atoms with Crippen LogP contribution in [0.3, 0.4) is 0 Å². The molecule has 0 unspecified atom stereocenters. The van der Waals surface area contributed by atoms with Crippen LogP contribution in [0.25, 0.3) is 6.08 Å². The summed E-state index contributed by atoms with van der Waals surface area (Å²) in [5, 5.41) is 9.05. The minimum absolute atomic E-state index is 0.0227. The van der Waals surface area contributed by atoms with E-state index >= 15 is 0 Å². The predicted molar refractivity (Wildman–Crippen MR) is 67.6 cm³/mol. The lowest BCUT2D eigenvalue weighted by Crippen LogP contribution is -2.41. The number of ether oxygens (including phenoxy) is 2. The first kappa shape index (κ1) is 13.8. The fraction of sp³-hybridized carbons (Fsp3) is 0.214. The Balaban J connectivity index is 2.44. The molecule has 0 amide bonds. The fourth-order valence-corrected chi connectivity index (χ4v) is 1.75. The lowest BCUT2D eigenvalue weighted by atomic mass is 10.0. The summed E-state index contributed by atoms with van der Waals surface area (Å²) in [7, 11) is 0.